The predicted molar refractivity (Wildman–Crippen MR) is 89.5 cm³/mol. The summed E-state index contributed by atoms with van der Waals surface area (Å²) in [5, 5.41) is 4.78. The molecular weight excluding hydrogens is 318 g/mol. The molecule has 0 spiro atoms. The van der Waals surface area contributed by atoms with Crippen molar-refractivity contribution in [2.45, 2.75) is 20.8 Å². The van der Waals surface area contributed by atoms with Crippen molar-refractivity contribution in [3.63, 3.8) is 0 Å². The van der Waals surface area contributed by atoms with Crippen LogP contribution in [-0.2, 0) is 19.6 Å². The third-order valence-corrected chi connectivity index (χ3v) is 5.25. The summed E-state index contributed by atoms with van der Waals surface area (Å²) in [5.74, 6) is -1.92. The molecule has 0 aliphatic carbocycles. The van der Waals surface area contributed by atoms with E-state index in [0.717, 1.165) is 5.56 Å². The van der Waals surface area contributed by atoms with Crippen LogP contribution in [0.2, 0.25) is 0 Å². The first-order chi connectivity index (χ1) is 10.8. The molecule has 2 N–H and O–H groups in total. The van der Waals surface area contributed by atoms with Crippen molar-refractivity contribution in [2.24, 2.45) is 0 Å². The van der Waals surface area contributed by atoms with Gasteiger partial charge in [-0.2, -0.15) is 0 Å². The number of nitrogens with zero attached hydrogens (tertiary/aromatic N) is 1. The molecular formula is C15H23N3O4S. The summed E-state index contributed by atoms with van der Waals surface area (Å²) in [7, 11) is -3.42. The van der Waals surface area contributed by atoms with E-state index in [1.807, 2.05) is 13.0 Å². The largest absolute Gasteiger partial charge is 0.347 e. The van der Waals surface area contributed by atoms with Gasteiger partial charge in [-0.3, -0.25) is 9.59 Å². The van der Waals surface area contributed by atoms with Crippen LogP contribution in [0.25, 0.3) is 0 Å². The van der Waals surface area contributed by atoms with Gasteiger partial charge >= 0.3 is 11.8 Å². The van der Waals surface area contributed by atoms with Crippen LogP contribution in [-0.4, -0.2) is 49.9 Å². The van der Waals surface area contributed by atoms with Crippen LogP contribution in [0.4, 0.5) is 5.69 Å². The second-order valence-electron chi connectivity index (χ2n) is 4.98. The fraction of sp³-hybridized carbons (Fsp3) is 0.467. The van der Waals surface area contributed by atoms with Crippen LogP contribution in [0, 0.1) is 6.92 Å². The summed E-state index contributed by atoms with van der Waals surface area (Å²) >= 11 is 0. The van der Waals surface area contributed by atoms with Gasteiger partial charge in [0.2, 0.25) is 10.0 Å². The van der Waals surface area contributed by atoms with Crippen molar-refractivity contribution in [3.8, 4) is 0 Å². The van der Waals surface area contributed by atoms with Crippen LogP contribution < -0.4 is 10.6 Å². The fourth-order valence-corrected chi connectivity index (χ4v) is 3.44. The van der Waals surface area contributed by atoms with Crippen molar-refractivity contribution in [3.05, 3.63) is 29.8 Å². The molecule has 1 aromatic carbocycles. The average molecular weight is 341 g/mol. The van der Waals surface area contributed by atoms with Crippen molar-refractivity contribution in [2.75, 3.05) is 30.7 Å². The van der Waals surface area contributed by atoms with E-state index in [-0.39, 0.29) is 12.3 Å². The number of sulfonamides is 1. The standard InChI is InChI=1S/C15H23N3O4S/c1-4-18(5-2)23(21,22)10-9-16-14(19)15(20)17-13-8-6-7-12(3)11-13/h6-8,11H,4-5,9-10H2,1-3H3,(H,16,19)(H,17,20). The van der Waals surface area contributed by atoms with Crippen LogP contribution in [0.15, 0.2) is 24.3 Å². The van der Waals surface area contributed by atoms with Crippen molar-refractivity contribution in [1.29, 1.82) is 0 Å². The minimum atomic E-state index is -3.42. The number of rotatable bonds is 7. The van der Waals surface area contributed by atoms with E-state index in [1.165, 1.54) is 4.31 Å². The minimum Gasteiger partial charge on any atom is -0.347 e. The van der Waals surface area contributed by atoms with Gasteiger partial charge in [0.1, 0.15) is 0 Å². The smallest absolute Gasteiger partial charge is 0.313 e. The van der Waals surface area contributed by atoms with Crippen molar-refractivity contribution >= 4 is 27.5 Å². The van der Waals surface area contributed by atoms with Gasteiger partial charge < -0.3 is 10.6 Å². The Kier molecular flexibility index (Phi) is 7.18. The first-order valence-corrected chi connectivity index (χ1v) is 9.04. The molecule has 0 aliphatic rings. The molecule has 0 aromatic heterocycles. The minimum absolute atomic E-state index is 0.112. The first-order valence-electron chi connectivity index (χ1n) is 7.43. The van der Waals surface area contributed by atoms with Gasteiger partial charge in [0.25, 0.3) is 0 Å². The van der Waals surface area contributed by atoms with Gasteiger partial charge in [-0.25, -0.2) is 12.7 Å². The molecule has 23 heavy (non-hydrogen) atoms. The fourth-order valence-electron chi connectivity index (χ4n) is 2.03. The van der Waals surface area contributed by atoms with Crippen molar-refractivity contribution < 1.29 is 18.0 Å². The maximum atomic E-state index is 11.9. The lowest BCUT2D eigenvalue weighted by Gasteiger charge is -2.18. The number of hydrogen-bond acceptors (Lipinski definition) is 4. The molecule has 0 heterocycles. The summed E-state index contributed by atoms with van der Waals surface area (Å²) in [6.45, 7) is 6.00. The van der Waals surface area contributed by atoms with E-state index in [4.69, 9.17) is 0 Å². The highest BCUT2D eigenvalue weighted by Gasteiger charge is 2.20. The highest BCUT2D eigenvalue weighted by atomic mass is 32.2. The summed E-state index contributed by atoms with van der Waals surface area (Å²) in [5.41, 5.74) is 1.47. The molecule has 2 amide bonds. The molecule has 0 unspecified atom stereocenters. The first kappa shape index (κ1) is 19.1. The zero-order valence-corrected chi connectivity index (χ0v) is 14.4. The van der Waals surface area contributed by atoms with Gasteiger partial charge in [0, 0.05) is 25.3 Å². The number of nitrogens with one attached hydrogen (secondary N) is 2. The predicted octanol–water partition coefficient (Wildman–Crippen LogP) is 0.721. The second-order valence-corrected chi connectivity index (χ2v) is 7.07. The summed E-state index contributed by atoms with van der Waals surface area (Å²) < 4.78 is 25.2. The molecule has 7 nitrogen and oxygen atoms in total. The van der Waals surface area contributed by atoms with Crippen LogP contribution in [0.1, 0.15) is 19.4 Å². The highest BCUT2D eigenvalue weighted by Crippen LogP contribution is 2.09. The lowest BCUT2D eigenvalue weighted by molar-refractivity contribution is -0.136. The molecule has 0 bridgehead atoms. The molecule has 0 atom stereocenters. The average Bonchev–Trinajstić information content (AvgIpc) is 2.47. The molecule has 128 valence electrons. The topological polar surface area (TPSA) is 95.6 Å². The number of amides is 2. The third kappa shape index (κ3) is 5.99. The highest BCUT2D eigenvalue weighted by molar-refractivity contribution is 7.89. The molecule has 0 fully saturated rings. The SMILES string of the molecule is CCN(CC)S(=O)(=O)CCNC(=O)C(=O)Nc1cccc(C)c1. The van der Waals surface area contributed by atoms with E-state index >= 15 is 0 Å². The summed E-state index contributed by atoms with van der Waals surface area (Å²) in [6, 6.07) is 7.03. The van der Waals surface area contributed by atoms with E-state index in [9.17, 15) is 18.0 Å². The summed E-state index contributed by atoms with van der Waals surface area (Å²) in [6.07, 6.45) is 0. The Morgan fingerprint density at radius 2 is 1.78 bits per heavy atom. The number of carbonyl (C=O) groups excluding carboxylic acids is 2. The van der Waals surface area contributed by atoms with Crippen LogP contribution in [0.5, 0.6) is 0 Å². The second kappa shape index (κ2) is 8.64. The molecule has 8 heteroatoms. The van der Waals surface area contributed by atoms with E-state index in [1.54, 1.807) is 32.0 Å². The van der Waals surface area contributed by atoms with E-state index < -0.39 is 21.8 Å². The third-order valence-electron chi connectivity index (χ3n) is 3.23. The molecule has 1 rings (SSSR count). The van der Waals surface area contributed by atoms with Crippen LogP contribution >= 0.6 is 0 Å². The monoisotopic (exact) mass is 341 g/mol. The van der Waals surface area contributed by atoms with E-state index in [2.05, 4.69) is 10.6 Å². The maximum Gasteiger partial charge on any atom is 0.313 e. The normalized spacial score (nSPS) is 11.3. The molecule has 0 saturated carbocycles. The number of carbonyl (C=O) groups is 2. The van der Waals surface area contributed by atoms with E-state index in [0.29, 0.717) is 18.8 Å². The summed E-state index contributed by atoms with van der Waals surface area (Å²) in [4.78, 5) is 23.4. The molecule has 0 saturated heterocycles. The molecule has 0 radical (unpaired) electrons. The van der Waals surface area contributed by atoms with Gasteiger partial charge in [-0.05, 0) is 24.6 Å². The Bertz CT molecular complexity index is 654. The van der Waals surface area contributed by atoms with Gasteiger partial charge in [0.05, 0.1) is 5.75 Å². The number of benzene rings is 1. The van der Waals surface area contributed by atoms with Gasteiger partial charge in [0.15, 0.2) is 0 Å². The molecule has 1 aromatic rings. The Morgan fingerprint density at radius 3 is 2.35 bits per heavy atom. The number of hydrogen-bond donors (Lipinski definition) is 2. The lowest BCUT2D eigenvalue weighted by Crippen LogP contribution is -2.41. The molecule has 0 aliphatic heterocycles. The number of anilines is 1. The Balaban J connectivity index is 2.49. The van der Waals surface area contributed by atoms with Gasteiger partial charge in [-0.15, -0.1) is 0 Å². The number of aryl methyl sites for hydroxylation is 1. The van der Waals surface area contributed by atoms with Crippen LogP contribution in [0.3, 0.4) is 0 Å². The zero-order chi connectivity index (χ0) is 17.5. The Morgan fingerprint density at radius 1 is 1.13 bits per heavy atom. The quantitative estimate of drug-likeness (QED) is 0.715. The Hall–Kier alpha value is -1.93. The Labute approximate surface area is 137 Å². The van der Waals surface area contributed by atoms with Crippen molar-refractivity contribution in [1.82, 2.24) is 9.62 Å². The van der Waals surface area contributed by atoms with Gasteiger partial charge in [-0.1, -0.05) is 26.0 Å². The maximum absolute atomic E-state index is 11.9. The lowest BCUT2D eigenvalue weighted by atomic mass is 10.2. The zero-order valence-electron chi connectivity index (χ0n) is 13.6.